The molecule has 0 aliphatic heterocycles. The van der Waals surface area contributed by atoms with Crippen molar-refractivity contribution in [1.82, 2.24) is 19.9 Å². The van der Waals surface area contributed by atoms with Crippen molar-refractivity contribution < 1.29 is 4.79 Å². The van der Waals surface area contributed by atoms with Crippen molar-refractivity contribution in [2.45, 2.75) is 11.7 Å². The molecule has 1 amide bonds. The highest BCUT2D eigenvalue weighted by atomic mass is 32.2. The molecular formula is C16H16N4OS2. The van der Waals surface area contributed by atoms with E-state index in [0.717, 1.165) is 26.1 Å². The van der Waals surface area contributed by atoms with Gasteiger partial charge in [0, 0.05) is 13.1 Å². The van der Waals surface area contributed by atoms with Gasteiger partial charge in [-0.25, -0.2) is 9.97 Å². The molecule has 118 valence electrons. The molecule has 0 saturated heterocycles. The number of hydrogen-bond donors (Lipinski definition) is 1. The Morgan fingerprint density at radius 1 is 1.43 bits per heavy atom. The Morgan fingerprint density at radius 2 is 2.26 bits per heavy atom. The van der Waals surface area contributed by atoms with E-state index >= 15 is 0 Å². The summed E-state index contributed by atoms with van der Waals surface area (Å²) in [5, 5.41) is 4.62. The predicted octanol–water partition coefficient (Wildman–Crippen LogP) is 3.08. The molecule has 0 atom stereocenters. The molecule has 0 bridgehead atoms. The zero-order valence-electron chi connectivity index (χ0n) is 12.8. The zero-order chi connectivity index (χ0) is 16.2. The van der Waals surface area contributed by atoms with Gasteiger partial charge in [-0.1, -0.05) is 23.9 Å². The number of carbonyl (C=O) groups excluding carboxylic acids is 1. The van der Waals surface area contributed by atoms with Crippen LogP contribution in [0.3, 0.4) is 0 Å². The van der Waals surface area contributed by atoms with E-state index in [0.29, 0.717) is 6.54 Å². The van der Waals surface area contributed by atoms with E-state index in [9.17, 15) is 4.79 Å². The van der Waals surface area contributed by atoms with Crippen LogP contribution in [-0.2, 0) is 18.4 Å². The van der Waals surface area contributed by atoms with Gasteiger partial charge in [0.25, 0.3) is 0 Å². The molecule has 3 aromatic rings. The van der Waals surface area contributed by atoms with Crippen molar-refractivity contribution >= 4 is 45.3 Å². The Bertz CT molecular complexity index is 833. The molecule has 0 aliphatic rings. The average Bonchev–Trinajstić information content (AvgIpc) is 3.13. The minimum absolute atomic E-state index is 0.142. The Hall–Kier alpha value is -2.12. The van der Waals surface area contributed by atoms with Crippen molar-refractivity contribution in [2.24, 2.45) is 7.05 Å². The molecule has 0 saturated carbocycles. The lowest BCUT2D eigenvalue weighted by molar-refractivity contribution is -0.116. The van der Waals surface area contributed by atoms with E-state index in [1.165, 1.54) is 6.08 Å². The lowest BCUT2D eigenvalue weighted by atomic mass is 10.3. The highest BCUT2D eigenvalue weighted by Crippen LogP contribution is 2.22. The summed E-state index contributed by atoms with van der Waals surface area (Å²) < 4.78 is 3.09. The number of imidazole rings is 1. The molecule has 1 N–H and O–H groups in total. The summed E-state index contributed by atoms with van der Waals surface area (Å²) in [7, 11) is 1.94. The number of nitrogens with one attached hydrogen (secondary N) is 1. The van der Waals surface area contributed by atoms with Crippen molar-refractivity contribution in [3.63, 3.8) is 0 Å². The van der Waals surface area contributed by atoms with E-state index in [-0.39, 0.29) is 5.91 Å². The second-order valence-corrected chi connectivity index (χ2v) is 6.70. The first-order valence-electron chi connectivity index (χ1n) is 7.03. The molecule has 5 nitrogen and oxygen atoms in total. The number of thiazole rings is 1. The van der Waals surface area contributed by atoms with E-state index in [2.05, 4.69) is 15.3 Å². The van der Waals surface area contributed by atoms with Crippen molar-refractivity contribution in [1.29, 1.82) is 0 Å². The highest BCUT2D eigenvalue weighted by Gasteiger charge is 2.06. The topological polar surface area (TPSA) is 59.8 Å². The van der Waals surface area contributed by atoms with Crippen LogP contribution in [0.15, 0.2) is 41.7 Å². The van der Waals surface area contributed by atoms with Gasteiger partial charge < -0.3 is 9.88 Å². The predicted molar refractivity (Wildman–Crippen MR) is 95.5 cm³/mol. The summed E-state index contributed by atoms with van der Waals surface area (Å²) >= 11 is 3.15. The fourth-order valence-electron chi connectivity index (χ4n) is 2.12. The first-order chi connectivity index (χ1) is 11.2. The molecule has 1 aromatic carbocycles. The molecule has 0 radical (unpaired) electrons. The molecule has 23 heavy (non-hydrogen) atoms. The van der Waals surface area contributed by atoms with Gasteiger partial charge in [0.1, 0.15) is 5.01 Å². The maximum absolute atomic E-state index is 11.9. The lowest BCUT2D eigenvalue weighted by Crippen LogP contribution is -2.21. The summed E-state index contributed by atoms with van der Waals surface area (Å²) in [6.45, 7) is 0.451. The summed E-state index contributed by atoms with van der Waals surface area (Å²) in [6, 6.07) is 7.93. The minimum atomic E-state index is -0.142. The number of benzene rings is 1. The zero-order valence-corrected chi connectivity index (χ0v) is 14.4. The van der Waals surface area contributed by atoms with Gasteiger partial charge in [0.05, 0.1) is 28.7 Å². The monoisotopic (exact) mass is 344 g/mol. The fraction of sp³-hybridized carbons (Fsp3) is 0.188. The number of rotatable bonds is 5. The molecule has 0 unspecified atom stereocenters. The van der Waals surface area contributed by atoms with Gasteiger partial charge in [-0.3, -0.25) is 4.79 Å². The van der Waals surface area contributed by atoms with E-state index in [4.69, 9.17) is 0 Å². The molecule has 0 spiro atoms. The van der Waals surface area contributed by atoms with Crippen LogP contribution in [0, 0.1) is 0 Å². The number of para-hydroxylation sites is 1. The third-order valence-corrected chi connectivity index (χ3v) is 5.10. The van der Waals surface area contributed by atoms with Gasteiger partial charge >= 0.3 is 0 Å². The fourth-order valence-corrected chi connectivity index (χ4v) is 3.54. The molecule has 0 fully saturated rings. The molecule has 2 heterocycles. The van der Waals surface area contributed by atoms with Gasteiger partial charge in [-0.2, -0.15) is 0 Å². The average molecular weight is 344 g/mol. The Morgan fingerprint density at radius 3 is 3.00 bits per heavy atom. The van der Waals surface area contributed by atoms with Crippen molar-refractivity contribution in [3.8, 4) is 0 Å². The van der Waals surface area contributed by atoms with Gasteiger partial charge in [0.2, 0.25) is 5.91 Å². The van der Waals surface area contributed by atoms with Crippen LogP contribution < -0.4 is 5.32 Å². The first kappa shape index (κ1) is 15.8. The van der Waals surface area contributed by atoms with Crippen LogP contribution in [0.2, 0.25) is 0 Å². The third-order valence-electron chi connectivity index (χ3n) is 3.36. The summed E-state index contributed by atoms with van der Waals surface area (Å²) in [5.74, 6) is -0.142. The smallest absolute Gasteiger partial charge is 0.244 e. The third kappa shape index (κ3) is 3.62. The van der Waals surface area contributed by atoms with E-state index in [1.807, 2.05) is 42.1 Å². The van der Waals surface area contributed by atoms with E-state index < -0.39 is 0 Å². The van der Waals surface area contributed by atoms with E-state index in [1.54, 1.807) is 35.4 Å². The normalized spacial score (nSPS) is 11.4. The molecular weight excluding hydrogens is 328 g/mol. The van der Waals surface area contributed by atoms with Gasteiger partial charge in [-0.15, -0.1) is 11.3 Å². The second kappa shape index (κ2) is 6.97. The molecule has 3 rings (SSSR count). The summed E-state index contributed by atoms with van der Waals surface area (Å²) in [4.78, 5) is 20.7. The van der Waals surface area contributed by atoms with Crippen LogP contribution in [0.5, 0.6) is 0 Å². The quantitative estimate of drug-likeness (QED) is 0.571. The largest absolute Gasteiger partial charge is 0.347 e. The minimum Gasteiger partial charge on any atom is -0.347 e. The Labute approximate surface area is 142 Å². The number of carbonyl (C=O) groups is 1. The van der Waals surface area contributed by atoms with Crippen molar-refractivity contribution in [3.05, 3.63) is 47.2 Å². The Balaban J connectivity index is 1.61. The molecule has 2 aromatic heterocycles. The lowest BCUT2D eigenvalue weighted by Gasteiger charge is -2.04. The SMILES string of the molecule is CSc1ncc(CNC(=O)/C=C/c2nc3ccccc3s2)n1C. The highest BCUT2D eigenvalue weighted by molar-refractivity contribution is 7.98. The summed E-state index contributed by atoms with van der Waals surface area (Å²) in [6.07, 6.45) is 7.02. The van der Waals surface area contributed by atoms with Crippen LogP contribution in [-0.4, -0.2) is 26.7 Å². The van der Waals surface area contributed by atoms with Crippen LogP contribution in [0.1, 0.15) is 10.7 Å². The standard InChI is InChI=1S/C16H16N4OS2/c1-20-11(10-18-16(20)22-2)9-17-14(21)7-8-15-19-12-5-3-4-6-13(12)23-15/h3-8,10H,9H2,1-2H3,(H,17,21)/b8-7+. The maximum Gasteiger partial charge on any atom is 0.244 e. The first-order valence-corrected chi connectivity index (χ1v) is 9.07. The van der Waals surface area contributed by atoms with Gasteiger partial charge in [-0.05, 0) is 24.5 Å². The van der Waals surface area contributed by atoms with Gasteiger partial charge in [0.15, 0.2) is 5.16 Å². The maximum atomic E-state index is 11.9. The number of nitrogens with zero attached hydrogens (tertiary/aromatic N) is 3. The number of fused-ring (bicyclic) bond motifs is 1. The van der Waals surface area contributed by atoms with Crippen LogP contribution in [0.4, 0.5) is 0 Å². The van der Waals surface area contributed by atoms with Crippen molar-refractivity contribution in [2.75, 3.05) is 6.26 Å². The number of amides is 1. The number of hydrogen-bond acceptors (Lipinski definition) is 5. The van der Waals surface area contributed by atoms with Crippen LogP contribution >= 0.6 is 23.1 Å². The molecule has 7 heteroatoms. The number of aromatic nitrogens is 3. The molecule has 0 aliphatic carbocycles. The van der Waals surface area contributed by atoms with Crippen LogP contribution in [0.25, 0.3) is 16.3 Å². The number of thioether (sulfide) groups is 1. The Kier molecular flexibility index (Phi) is 4.78. The summed E-state index contributed by atoms with van der Waals surface area (Å²) in [5.41, 5.74) is 1.92. The second-order valence-electron chi connectivity index (χ2n) is 4.87.